The number of aryl methyl sites for hydroxylation is 1. The number of fused-ring (bicyclic) bond motifs is 1. The van der Waals surface area contributed by atoms with Crippen LogP contribution in [-0.4, -0.2) is 30.1 Å². The first-order chi connectivity index (χ1) is 14.1. The summed E-state index contributed by atoms with van der Waals surface area (Å²) < 4.78 is 11.8. The van der Waals surface area contributed by atoms with Gasteiger partial charge in [0.15, 0.2) is 0 Å². The molecule has 1 amide bonds. The Morgan fingerprint density at radius 2 is 1.93 bits per heavy atom. The van der Waals surface area contributed by atoms with Gasteiger partial charge in [0.05, 0.1) is 18.6 Å². The zero-order chi connectivity index (χ0) is 20.0. The first-order valence-corrected chi connectivity index (χ1v) is 10.1. The predicted molar refractivity (Wildman–Crippen MR) is 108 cm³/mol. The van der Waals surface area contributed by atoms with Gasteiger partial charge >= 0.3 is 5.97 Å². The van der Waals surface area contributed by atoms with Crippen molar-refractivity contribution >= 4 is 17.6 Å². The van der Waals surface area contributed by atoms with Gasteiger partial charge in [-0.05, 0) is 23.6 Å². The highest BCUT2D eigenvalue weighted by Crippen LogP contribution is 2.53. The van der Waals surface area contributed by atoms with Crippen molar-refractivity contribution in [2.75, 3.05) is 11.4 Å². The van der Waals surface area contributed by atoms with E-state index in [0.29, 0.717) is 6.54 Å². The van der Waals surface area contributed by atoms with Crippen molar-refractivity contribution in [1.82, 2.24) is 0 Å². The third-order valence-corrected chi connectivity index (χ3v) is 6.26. The lowest BCUT2D eigenvalue weighted by Crippen LogP contribution is -2.40. The van der Waals surface area contributed by atoms with Crippen molar-refractivity contribution in [2.45, 2.75) is 31.7 Å². The summed E-state index contributed by atoms with van der Waals surface area (Å²) in [4.78, 5) is 28.2. The molecule has 0 saturated carbocycles. The summed E-state index contributed by atoms with van der Waals surface area (Å²) in [5.41, 5.74) is 2.20. The van der Waals surface area contributed by atoms with Crippen molar-refractivity contribution in [2.24, 2.45) is 11.8 Å². The van der Waals surface area contributed by atoms with E-state index in [4.69, 9.17) is 9.47 Å². The summed E-state index contributed by atoms with van der Waals surface area (Å²) in [6.07, 6.45) is 4.32. The molecule has 2 aromatic rings. The first kappa shape index (κ1) is 18.1. The number of ether oxygens (including phenoxy) is 2. The minimum atomic E-state index is -0.737. The molecular formula is C24H23NO4. The number of anilines is 1. The third-order valence-electron chi connectivity index (χ3n) is 6.26. The second-order valence-corrected chi connectivity index (χ2v) is 7.90. The molecule has 0 N–H and O–H groups in total. The van der Waals surface area contributed by atoms with E-state index in [2.05, 4.69) is 6.92 Å². The van der Waals surface area contributed by atoms with Crippen LogP contribution in [0.5, 0.6) is 0 Å². The maximum absolute atomic E-state index is 13.4. The van der Waals surface area contributed by atoms with Crippen LogP contribution in [0, 0.1) is 11.8 Å². The Labute approximate surface area is 169 Å². The molecule has 5 rings (SSSR count). The van der Waals surface area contributed by atoms with E-state index in [1.807, 2.05) is 66.7 Å². The van der Waals surface area contributed by atoms with E-state index < -0.39 is 23.5 Å². The van der Waals surface area contributed by atoms with Crippen LogP contribution in [0.4, 0.5) is 5.69 Å². The molecule has 0 radical (unpaired) electrons. The maximum Gasteiger partial charge on any atom is 0.313 e. The first-order valence-electron chi connectivity index (χ1n) is 10.1. The number of para-hydroxylation sites is 1. The average molecular weight is 389 g/mol. The normalized spacial score (nSPS) is 29.3. The van der Waals surface area contributed by atoms with Gasteiger partial charge in [-0.15, -0.1) is 0 Å². The zero-order valence-corrected chi connectivity index (χ0v) is 16.3. The van der Waals surface area contributed by atoms with Crippen LogP contribution in [-0.2, 0) is 32.1 Å². The van der Waals surface area contributed by atoms with Gasteiger partial charge in [-0.3, -0.25) is 9.59 Å². The average Bonchev–Trinajstić information content (AvgIpc) is 3.41. The predicted octanol–water partition coefficient (Wildman–Crippen LogP) is 3.28. The van der Waals surface area contributed by atoms with Crippen molar-refractivity contribution in [1.29, 1.82) is 0 Å². The Morgan fingerprint density at radius 1 is 1.17 bits per heavy atom. The maximum atomic E-state index is 13.4. The highest BCUT2D eigenvalue weighted by molar-refractivity contribution is 6.03. The molecule has 5 heteroatoms. The van der Waals surface area contributed by atoms with Gasteiger partial charge in [0.2, 0.25) is 5.91 Å². The SMILES string of the molecule is CCc1ccccc1N1C[C@@]23C=C[C@@H](O2)[C@@H](C(=O)OCc2ccccc2)[C@H]3C1=O. The Hall–Kier alpha value is -2.92. The smallest absolute Gasteiger partial charge is 0.313 e. The molecule has 148 valence electrons. The standard InChI is InChI=1S/C24H23NO4/c1-2-17-10-6-7-11-18(17)25-15-24-13-12-19(29-24)20(21(24)22(25)26)23(27)28-14-16-8-4-3-5-9-16/h3-13,19-21H,2,14-15H2,1H3/t19-,20-,21+,24-/m1/s1. The van der Waals surface area contributed by atoms with Gasteiger partial charge in [0.25, 0.3) is 0 Å². The van der Waals surface area contributed by atoms with Gasteiger partial charge in [-0.2, -0.15) is 0 Å². The molecule has 0 unspecified atom stereocenters. The number of nitrogens with zero attached hydrogens (tertiary/aromatic N) is 1. The summed E-state index contributed by atoms with van der Waals surface area (Å²) >= 11 is 0. The lowest BCUT2D eigenvalue weighted by atomic mass is 9.77. The highest BCUT2D eigenvalue weighted by atomic mass is 16.6. The Kier molecular flexibility index (Phi) is 4.28. The van der Waals surface area contributed by atoms with Crippen molar-refractivity contribution < 1.29 is 19.1 Å². The largest absolute Gasteiger partial charge is 0.460 e. The third kappa shape index (κ3) is 2.80. The van der Waals surface area contributed by atoms with E-state index in [0.717, 1.165) is 23.2 Å². The van der Waals surface area contributed by atoms with Crippen molar-refractivity contribution in [3.05, 3.63) is 77.9 Å². The number of hydrogen-bond acceptors (Lipinski definition) is 4. The van der Waals surface area contributed by atoms with Gasteiger partial charge < -0.3 is 14.4 Å². The lowest BCUT2D eigenvalue weighted by Gasteiger charge is -2.23. The molecular weight excluding hydrogens is 366 g/mol. The Bertz CT molecular complexity index is 985. The van der Waals surface area contributed by atoms with Crippen LogP contribution in [0.1, 0.15) is 18.1 Å². The number of rotatable bonds is 5. The fourth-order valence-corrected chi connectivity index (χ4v) is 4.87. The number of carbonyl (C=O) groups is 2. The zero-order valence-electron chi connectivity index (χ0n) is 16.3. The number of benzene rings is 2. The van der Waals surface area contributed by atoms with Gasteiger partial charge in [0.1, 0.15) is 18.1 Å². The lowest BCUT2D eigenvalue weighted by molar-refractivity contribution is -0.153. The molecule has 1 spiro atoms. The van der Waals surface area contributed by atoms with Gasteiger partial charge in [0, 0.05) is 5.69 Å². The fraction of sp³-hybridized carbons (Fsp3) is 0.333. The van der Waals surface area contributed by atoms with Crippen molar-refractivity contribution in [3.63, 3.8) is 0 Å². The molecule has 3 aliphatic heterocycles. The van der Waals surface area contributed by atoms with E-state index in [9.17, 15) is 9.59 Å². The number of esters is 1. The van der Waals surface area contributed by atoms with E-state index in [-0.39, 0.29) is 18.5 Å². The molecule has 2 aromatic carbocycles. The van der Waals surface area contributed by atoms with Crippen LogP contribution in [0.25, 0.3) is 0 Å². The van der Waals surface area contributed by atoms with Crippen LogP contribution >= 0.6 is 0 Å². The Morgan fingerprint density at radius 3 is 2.72 bits per heavy atom. The van der Waals surface area contributed by atoms with Gasteiger partial charge in [-0.25, -0.2) is 0 Å². The van der Waals surface area contributed by atoms with Gasteiger partial charge in [-0.1, -0.05) is 67.6 Å². The van der Waals surface area contributed by atoms with Crippen LogP contribution in [0.2, 0.25) is 0 Å². The second-order valence-electron chi connectivity index (χ2n) is 7.90. The minimum Gasteiger partial charge on any atom is -0.460 e. The van der Waals surface area contributed by atoms with Crippen LogP contribution in [0.3, 0.4) is 0 Å². The molecule has 0 aliphatic carbocycles. The molecule has 3 aliphatic rings. The van der Waals surface area contributed by atoms with E-state index in [1.165, 1.54) is 0 Å². The topological polar surface area (TPSA) is 55.8 Å². The minimum absolute atomic E-state index is 0.0561. The molecule has 29 heavy (non-hydrogen) atoms. The van der Waals surface area contributed by atoms with Crippen LogP contribution < -0.4 is 4.90 Å². The monoisotopic (exact) mass is 389 g/mol. The fourth-order valence-electron chi connectivity index (χ4n) is 4.87. The summed E-state index contributed by atoms with van der Waals surface area (Å²) in [6.45, 7) is 2.70. The van der Waals surface area contributed by atoms with Crippen LogP contribution in [0.15, 0.2) is 66.7 Å². The van der Waals surface area contributed by atoms with Crippen molar-refractivity contribution in [3.8, 4) is 0 Å². The number of hydrogen-bond donors (Lipinski definition) is 0. The molecule has 3 heterocycles. The molecule has 2 fully saturated rings. The summed E-state index contributed by atoms with van der Waals surface area (Å²) in [5, 5.41) is 0. The molecule has 5 nitrogen and oxygen atoms in total. The summed E-state index contributed by atoms with van der Waals surface area (Å²) in [7, 11) is 0. The molecule has 4 atom stereocenters. The summed E-state index contributed by atoms with van der Waals surface area (Å²) in [5.74, 6) is -1.56. The molecule has 2 bridgehead atoms. The quantitative estimate of drug-likeness (QED) is 0.582. The Balaban J connectivity index is 1.40. The van der Waals surface area contributed by atoms with E-state index in [1.54, 1.807) is 4.90 Å². The second kappa shape index (κ2) is 6.85. The number of amides is 1. The highest BCUT2D eigenvalue weighted by Gasteiger charge is 2.67. The molecule has 2 saturated heterocycles. The molecule has 0 aromatic heterocycles. The number of carbonyl (C=O) groups excluding carboxylic acids is 2. The van der Waals surface area contributed by atoms with E-state index >= 15 is 0 Å². The summed E-state index contributed by atoms with van der Waals surface area (Å²) in [6, 6.07) is 17.5.